The van der Waals surface area contributed by atoms with E-state index in [4.69, 9.17) is 14.2 Å². The Morgan fingerprint density at radius 2 is 1.88 bits per heavy atom. The van der Waals surface area contributed by atoms with Crippen LogP contribution in [0.4, 0.5) is 0 Å². The van der Waals surface area contributed by atoms with Gasteiger partial charge in [0.15, 0.2) is 0 Å². The van der Waals surface area contributed by atoms with E-state index in [2.05, 4.69) is 33.6 Å². The third-order valence-corrected chi connectivity index (χ3v) is 6.34. The molecule has 5 rings (SSSR count). The summed E-state index contributed by atoms with van der Waals surface area (Å²) in [6, 6.07) is 14.1. The van der Waals surface area contributed by atoms with Gasteiger partial charge in [-0.15, -0.1) is 0 Å². The van der Waals surface area contributed by atoms with Crippen LogP contribution in [0, 0.1) is 20.8 Å². The first-order valence-electron chi connectivity index (χ1n) is 11.1. The fraction of sp³-hybridized carbons (Fsp3) is 0.269. The fourth-order valence-electron chi connectivity index (χ4n) is 4.77. The fourth-order valence-corrected chi connectivity index (χ4v) is 4.77. The highest BCUT2D eigenvalue weighted by Gasteiger charge is 2.24. The van der Waals surface area contributed by atoms with Crippen molar-refractivity contribution in [2.24, 2.45) is 0 Å². The van der Waals surface area contributed by atoms with Crippen LogP contribution in [0.5, 0.6) is 5.75 Å². The Bertz CT molecular complexity index is 1520. The lowest BCUT2D eigenvalue weighted by Gasteiger charge is -2.17. The van der Waals surface area contributed by atoms with Crippen LogP contribution in [0.1, 0.15) is 47.8 Å². The number of nitrogens with zero attached hydrogens (tertiary/aromatic N) is 3. The van der Waals surface area contributed by atoms with E-state index < -0.39 is 0 Å². The lowest BCUT2D eigenvalue weighted by Crippen LogP contribution is -2.13. The first-order valence-corrected chi connectivity index (χ1v) is 11.1. The molecule has 5 aromatic rings. The molecule has 7 heteroatoms. The number of aryl methyl sites for hydroxylation is 3. The largest absolute Gasteiger partial charge is 0.496 e. The molecule has 0 radical (unpaired) electrons. The minimum Gasteiger partial charge on any atom is -0.496 e. The van der Waals surface area contributed by atoms with E-state index >= 15 is 0 Å². The van der Waals surface area contributed by atoms with Crippen molar-refractivity contribution < 1.29 is 9.26 Å². The number of aromatic nitrogens is 4. The minimum absolute atomic E-state index is 0.0785. The second-order valence-corrected chi connectivity index (χ2v) is 8.33. The standard InChI is InChI=1S/C26H26N4O3/c1-6-18(17-10-8-7-9-11-17)25-27-15(3)24-28-26(31)19-12-20(23-14(2)29-33-16(23)4)22(32-5)13-21(19)30(24)25/h7-13,18H,6H2,1-5H3,(H,28,31). The number of H-pyrrole nitrogens is 1. The highest BCUT2D eigenvalue weighted by atomic mass is 16.5. The molecule has 0 fully saturated rings. The quantitative estimate of drug-likeness (QED) is 0.399. The zero-order valence-corrected chi connectivity index (χ0v) is 19.4. The van der Waals surface area contributed by atoms with Crippen LogP contribution in [-0.2, 0) is 0 Å². The summed E-state index contributed by atoms with van der Waals surface area (Å²) in [7, 11) is 1.63. The monoisotopic (exact) mass is 442 g/mol. The third-order valence-electron chi connectivity index (χ3n) is 6.34. The molecule has 0 amide bonds. The number of hydrogen-bond acceptors (Lipinski definition) is 5. The normalized spacial score (nSPS) is 12.5. The SMILES string of the molecule is CCC(c1ccccc1)c1nc(C)c2[nH]c(=O)c3cc(-c4c(C)noc4C)c(OC)cc3n12. The number of methoxy groups -OCH3 is 1. The second kappa shape index (κ2) is 7.92. The zero-order valence-electron chi connectivity index (χ0n) is 19.4. The van der Waals surface area contributed by atoms with Gasteiger partial charge in [0.1, 0.15) is 23.0 Å². The number of benzene rings is 2. The number of hydrogen-bond donors (Lipinski definition) is 1. The smallest absolute Gasteiger partial charge is 0.258 e. The Balaban J connectivity index is 1.87. The van der Waals surface area contributed by atoms with Gasteiger partial charge in [-0.2, -0.15) is 0 Å². The first-order chi connectivity index (χ1) is 15.9. The van der Waals surface area contributed by atoms with Gasteiger partial charge in [0, 0.05) is 17.5 Å². The molecule has 0 bridgehead atoms. The van der Waals surface area contributed by atoms with Crippen molar-refractivity contribution >= 4 is 16.6 Å². The molecule has 33 heavy (non-hydrogen) atoms. The van der Waals surface area contributed by atoms with Crippen LogP contribution in [0.25, 0.3) is 27.7 Å². The summed E-state index contributed by atoms with van der Waals surface area (Å²) in [5.41, 5.74) is 5.62. The van der Waals surface area contributed by atoms with Crippen molar-refractivity contribution in [3.05, 3.63) is 81.4 Å². The molecule has 3 heterocycles. The summed E-state index contributed by atoms with van der Waals surface area (Å²) in [4.78, 5) is 21.1. The van der Waals surface area contributed by atoms with Crippen molar-refractivity contribution in [3.8, 4) is 16.9 Å². The summed E-state index contributed by atoms with van der Waals surface area (Å²) in [5, 5.41) is 4.63. The van der Waals surface area contributed by atoms with E-state index in [0.29, 0.717) is 22.5 Å². The van der Waals surface area contributed by atoms with Crippen molar-refractivity contribution in [3.63, 3.8) is 0 Å². The van der Waals surface area contributed by atoms with Gasteiger partial charge in [0.2, 0.25) is 0 Å². The Hall–Kier alpha value is -3.87. The third kappa shape index (κ3) is 3.23. The Morgan fingerprint density at radius 3 is 2.52 bits per heavy atom. The van der Waals surface area contributed by atoms with Gasteiger partial charge in [-0.25, -0.2) is 4.98 Å². The van der Waals surface area contributed by atoms with E-state index in [-0.39, 0.29) is 11.5 Å². The Kier molecular flexibility index (Phi) is 5.04. The van der Waals surface area contributed by atoms with E-state index in [9.17, 15) is 4.79 Å². The van der Waals surface area contributed by atoms with Crippen LogP contribution in [0.3, 0.4) is 0 Å². The van der Waals surface area contributed by atoms with Gasteiger partial charge in [0.25, 0.3) is 5.56 Å². The number of nitrogens with one attached hydrogen (secondary N) is 1. The summed E-state index contributed by atoms with van der Waals surface area (Å²) in [6.07, 6.45) is 0.873. The van der Waals surface area contributed by atoms with E-state index in [0.717, 1.165) is 40.3 Å². The number of rotatable bonds is 5. The van der Waals surface area contributed by atoms with Gasteiger partial charge in [-0.3, -0.25) is 9.20 Å². The van der Waals surface area contributed by atoms with Crippen LogP contribution >= 0.6 is 0 Å². The molecule has 0 spiro atoms. The summed E-state index contributed by atoms with van der Waals surface area (Å²) >= 11 is 0. The number of aromatic amines is 1. The van der Waals surface area contributed by atoms with Gasteiger partial charge in [-0.1, -0.05) is 42.4 Å². The molecular formula is C26H26N4O3. The lowest BCUT2D eigenvalue weighted by atomic mass is 9.95. The molecule has 0 aliphatic rings. The zero-order chi connectivity index (χ0) is 23.3. The van der Waals surface area contributed by atoms with E-state index in [1.165, 1.54) is 5.56 Å². The predicted molar refractivity (Wildman–Crippen MR) is 128 cm³/mol. The van der Waals surface area contributed by atoms with Crippen molar-refractivity contribution in [1.29, 1.82) is 0 Å². The van der Waals surface area contributed by atoms with Crippen molar-refractivity contribution in [2.45, 2.75) is 40.0 Å². The van der Waals surface area contributed by atoms with E-state index in [1.54, 1.807) is 7.11 Å². The van der Waals surface area contributed by atoms with Crippen molar-refractivity contribution in [2.75, 3.05) is 7.11 Å². The maximum atomic E-state index is 13.2. The number of fused-ring (bicyclic) bond motifs is 3. The maximum Gasteiger partial charge on any atom is 0.258 e. The molecule has 168 valence electrons. The second-order valence-electron chi connectivity index (χ2n) is 8.33. The topological polar surface area (TPSA) is 85.4 Å². The van der Waals surface area contributed by atoms with Gasteiger partial charge in [-0.05, 0) is 38.8 Å². The molecule has 1 N–H and O–H groups in total. The van der Waals surface area contributed by atoms with Gasteiger partial charge < -0.3 is 14.2 Å². The maximum absolute atomic E-state index is 13.2. The summed E-state index contributed by atoms with van der Waals surface area (Å²) in [5.74, 6) is 2.30. The molecule has 1 unspecified atom stereocenters. The van der Waals surface area contributed by atoms with Crippen molar-refractivity contribution in [1.82, 2.24) is 19.5 Å². The Morgan fingerprint density at radius 1 is 1.12 bits per heavy atom. The molecule has 0 saturated heterocycles. The molecule has 0 saturated carbocycles. The van der Waals surface area contributed by atoms with E-state index in [1.807, 2.05) is 51.1 Å². The summed E-state index contributed by atoms with van der Waals surface area (Å²) < 4.78 is 13.2. The average Bonchev–Trinajstić information content (AvgIpc) is 3.32. The molecule has 0 aliphatic carbocycles. The highest BCUT2D eigenvalue weighted by molar-refractivity contribution is 5.90. The van der Waals surface area contributed by atoms with Crippen LogP contribution in [0.15, 0.2) is 51.8 Å². The molecular weight excluding hydrogens is 416 g/mol. The first kappa shape index (κ1) is 21.0. The predicted octanol–water partition coefficient (Wildman–Crippen LogP) is 5.31. The van der Waals surface area contributed by atoms with Crippen LogP contribution < -0.4 is 10.3 Å². The molecule has 2 aromatic carbocycles. The van der Waals surface area contributed by atoms with Gasteiger partial charge in [0.05, 0.1) is 35.0 Å². The Labute approximate surface area is 191 Å². The average molecular weight is 443 g/mol. The molecule has 3 aromatic heterocycles. The molecule has 1 atom stereocenters. The molecule has 7 nitrogen and oxygen atoms in total. The molecule has 0 aliphatic heterocycles. The van der Waals surface area contributed by atoms with Crippen LogP contribution in [-0.4, -0.2) is 26.6 Å². The lowest BCUT2D eigenvalue weighted by molar-refractivity contribution is 0.393. The number of imidazole rings is 1. The number of ether oxygens (including phenoxy) is 1. The summed E-state index contributed by atoms with van der Waals surface area (Å²) in [6.45, 7) is 7.81. The minimum atomic E-state index is -0.171. The highest BCUT2D eigenvalue weighted by Crippen LogP contribution is 2.38. The van der Waals surface area contributed by atoms with Crippen LogP contribution in [0.2, 0.25) is 0 Å². The van der Waals surface area contributed by atoms with Gasteiger partial charge >= 0.3 is 0 Å².